The maximum absolute atomic E-state index is 13.2. The predicted octanol–water partition coefficient (Wildman–Crippen LogP) is 3.88. The first-order chi connectivity index (χ1) is 11.1. The molecule has 3 rings (SSSR count). The molecule has 23 heavy (non-hydrogen) atoms. The van der Waals surface area contributed by atoms with E-state index in [1.54, 1.807) is 35.9 Å². The fraction of sp³-hybridized carbons (Fsp3) is 0.111. The van der Waals surface area contributed by atoms with Gasteiger partial charge in [0.1, 0.15) is 11.5 Å². The van der Waals surface area contributed by atoms with Crippen LogP contribution in [0, 0.1) is 19.7 Å². The predicted molar refractivity (Wildman–Crippen MR) is 87.4 cm³/mol. The molecule has 0 unspecified atom stereocenters. The first-order valence-corrected chi connectivity index (χ1v) is 7.23. The number of hydrogen-bond donors (Lipinski definition) is 1. The van der Waals surface area contributed by atoms with Crippen molar-refractivity contribution < 1.29 is 9.18 Å². The number of aromatic nitrogens is 2. The van der Waals surface area contributed by atoms with Crippen LogP contribution in [0.25, 0.3) is 5.69 Å². The van der Waals surface area contributed by atoms with Crippen molar-refractivity contribution in [2.24, 2.45) is 0 Å². The van der Waals surface area contributed by atoms with E-state index in [0.717, 1.165) is 11.4 Å². The number of anilines is 1. The number of rotatable bonds is 3. The maximum Gasteiger partial charge on any atom is 0.272 e. The van der Waals surface area contributed by atoms with E-state index in [0.29, 0.717) is 16.9 Å². The summed E-state index contributed by atoms with van der Waals surface area (Å²) in [6.45, 7) is 3.64. The lowest BCUT2D eigenvalue weighted by Gasteiger charge is -2.12. The van der Waals surface area contributed by atoms with E-state index < -0.39 is 0 Å². The van der Waals surface area contributed by atoms with Crippen molar-refractivity contribution in [3.05, 3.63) is 77.6 Å². The van der Waals surface area contributed by atoms with Crippen LogP contribution in [0.3, 0.4) is 0 Å². The normalized spacial score (nSPS) is 10.6. The van der Waals surface area contributed by atoms with Crippen LogP contribution in [0.5, 0.6) is 0 Å². The van der Waals surface area contributed by atoms with Gasteiger partial charge in [0, 0.05) is 18.1 Å². The van der Waals surface area contributed by atoms with E-state index in [1.165, 1.54) is 12.1 Å². The number of carbonyl (C=O) groups excluding carboxylic acids is 1. The van der Waals surface area contributed by atoms with Crippen LogP contribution in [0.2, 0.25) is 0 Å². The van der Waals surface area contributed by atoms with E-state index in [4.69, 9.17) is 0 Å². The van der Waals surface area contributed by atoms with Crippen LogP contribution in [0.1, 0.15) is 21.7 Å². The Morgan fingerprint density at radius 1 is 1.17 bits per heavy atom. The largest absolute Gasteiger partial charge is 0.320 e. The summed E-state index contributed by atoms with van der Waals surface area (Å²) in [7, 11) is 0. The quantitative estimate of drug-likeness (QED) is 0.798. The second-order valence-corrected chi connectivity index (χ2v) is 5.28. The summed E-state index contributed by atoms with van der Waals surface area (Å²) in [6.07, 6.45) is 3.53. The number of halogens is 1. The molecule has 1 N–H and O–H groups in total. The minimum atomic E-state index is -0.324. The minimum Gasteiger partial charge on any atom is -0.320 e. The molecule has 0 aliphatic rings. The number of amides is 1. The molecule has 1 amide bonds. The van der Waals surface area contributed by atoms with Crippen LogP contribution in [-0.4, -0.2) is 15.5 Å². The van der Waals surface area contributed by atoms with E-state index in [2.05, 4.69) is 10.3 Å². The number of pyridine rings is 1. The van der Waals surface area contributed by atoms with E-state index >= 15 is 0 Å². The van der Waals surface area contributed by atoms with Gasteiger partial charge in [-0.25, -0.2) is 4.39 Å². The highest BCUT2D eigenvalue weighted by molar-refractivity contribution is 6.04. The molecule has 0 fully saturated rings. The number of nitrogens with one attached hydrogen (secondary N) is 1. The highest BCUT2D eigenvalue weighted by Gasteiger charge is 2.14. The molecule has 0 aliphatic heterocycles. The van der Waals surface area contributed by atoms with Crippen LogP contribution in [-0.2, 0) is 0 Å². The standard InChI is InChI=1S/C18H16FN3O/c1-12-11-14(19)7-8-15(12)21-18(23)17-6-4-10-22(17)16-5-3-9-20-13(16)2/h3-11H,1-2H3,(H,21,23). The van der Waals surface area contributed by atoms with Crippen molar-refractivity contribution in [3.8, 4) is 5.69 Å². The summed E-state index contributed by atoms with van der Waals surface area (Å²) < 4.78 is 15.0. The Hall–Kier alpha value is -2.95. The molecule has 0 saturated carbocycles. The molecule has 0 aliphatic carbocycles. The fourth-order valence-electron chi connectivity index (χ4n) is 2.46. The van der Waals surface area contributed by atoms with Gasteiger partial charge in [0.25, 0.3) is 5.91 Å². The average molecular weight is 309 g/mol. The number of benzene rings is 1. The molecule has 2 heterocycles. The molecule has 0 atom stereocenters. The monoisotopic (exact) mass is 309 g/mol. The second-order valence-electron chi connectivity index (χ2n) is 5.28. The first-order valence-electron chi connectivity index (χ1n) is 7.23. The third-order valence-electron chi connectivity index (χ3n) is 3.66. The zero-order valence-corrected chi connectivity index (χ0v) is 12.9. The third-order valence-corrected chi connectivity index (χ3v) is 3.66. The molecule has 0 spiro atoms. The lowest BCUT2D eigenvalue weighted by atomic mass is 10.2. The van der Waals surface area contributed by atoms with E-state index in [1.807, 2.05) is 25.3 Å². The molecule has 116 valence electrons. The first kappa shape index (κ1) is 15.0. The van der Waals surface area contributed by atoms with Crippen molar-refractivity contribution in [2.75, 3.05) is 5.32 Å². The number of aryl methyl sites for hydroxylation is 2. The smallest absolute Gasteiger partial charge is 0.272 e. The van der Waals surface area contributed by atoms with E-state index in [-0.39, 0.29) is 11.7 Å². The van der Waals surface area contributed by atoms with Gasteiger partial charge in [-0.3, -0.25) is 9.78 Å². The SMILES string of the molecule is Cc1cc(F)ccc1NC(=O)c1cccn1-c1cccnc1C. The highest BCUT2D eigenvalue weighted by atomic mass is 19.1. The maximum atomic E-state index is 13.2. The van der Waals surface area contributed by atoms with Crippen LogP contribution in [0.15, 0.2) is 54.9 Å². The van der Waals surface area contributed by atoms with Crippen molar-refractivity contribution in [1.82, 2.24) is 9.55 Å². The van der Waals surface area contributed by atoms with Crippen molar-refractivity contribution in [2.45, 2.75) is 13.8 Å². The van der Waals surface area contributed by atoms with Gasteiger partial charge >= 0.3 is 0 Å². The Labute approximate surface area is 133 Å². The van der Waals surface area contributed by atoms with Crippen LogP contribution >= 0.6 is 0 Å². The van der Waals surface area contributed by atoms with Gasteiger partial charge in [0.2, 0.25) is 0 Å². The van der Waals surface area contributed by atoms with Gasteiger partial charge in [-0.05, 0) is 61.9 Å². The van der Waals surface area contributed by atoms with Gasteiger partial charge in [-0.2, -0.15) is 0 Å². The van der Waals surface area contributed by atoms with Crippen LogP contribution < -0.4 is 5.32 Å². The molecule has 5 heteroatoms. The molecule has 4 nitrogen and oxygen atoms in total. The van der Waals surface area contributed by atoms with Crippen LogP contribution in [0.4, 0.5) is 10.1 Å². The molecule has 3 aromatic rings. The Kier molecular flexibility index (Phi) is 3.93. The molecule has 0 bridgehead atoms. The van der Waals surface area contributed by atoms with Gasteiger partial charge in [-0.1, -0.05) is 0 Å². The zero-order chi connectivity index (χ0) is 16.4. The Balaban J connectivity index is 1.93. The lowest BCUT2D eigenvalue weighted by molar-refractivity contribution is 0.102. The lowest BCUT2D eigenvalue weighted by Crippen LogP contribution is -2.17. The van der Waals surface area contributed by atoms with Crippen molar-refractivity contribution >= 4 is 11.6 Å². The summed E-state index contributed by atoms with van der Waals surface area (Å²) >= 11 is 0. The summed E-state index contributed by atoms with van der Waals surface area (Å²) in [4.78, 5) is 16.8. The minimum absolute atomic E-state index is 0.257. The molecule has 0 radical (unpaired) electrons. The summed E-state index contributed by atoms with van der Waals surface area (Å²) in [5.74, 6) is -0.581. The topological polar surface area (TPSA) is 46.9 Å². The number of carbonyl (C=O) groups is 1. The molecular weight excluding hydrogens is 293 g/mol. The van der Waals surface area contributed by atoms with Gasteiger partial charge in [0.15, 0.2) is 0 Å². The van der Waals surface area contributed by atoms with Gasteiger partial charge < -0.3 is 9.88 Å². The highest BCUT2D eigenvalue weighted by Crippen LogP contribution is 2.19. The Morgan fingerprint density at radius 3 is 2.74 bits per heavy atom. The average Bonchev–Trinajstić information content (AvgIpc) is 3.00. The summed E-state index contributed by atoms with van der Waals surface area (Å²) in [5, 5.41) is 2.82. The molecule has 1 aromatic carbocycles. The number of hydrogen-bond acceptors (Lipinski definition) is 2. The molecule has 2 aromatic heterocycles. The molecule has 0 saturated heterocycles. The van der Waals surface area contributed by atoms with Crippen molar-refractivity contribution in [3.63, 3.8) is 0 Å². The Morgan fingerprint density at radius 2 is 2.00 bits per heavy atom. The summed E-state index contributed by atoms with van der Waals surface area (Å²) in [6, 6.07) is 11.5. The summed E-state index contributed by atoms with van der Waals surface area (Å²) in [5.41, 5.74) is 3.43. The van der Waals surface area contributed by atoms with Crippen molar-refractivity contribution in [1.29, 1.82) is 0 Å². The second kappa shape index (κ2) is 6.04. The fourth-order valence-corrected chi connectivity index (χ4v) is 2.46. The van der Waals surface area contributed by atoms with Gasteiger partial charge in [0.05, 0.1) is 11.4 Å². The third kappa shape index (κ3) is 2.99. The molecular formula is C18H16FN3O. The number of nitrogens with zero attached hydrogens (tertiary/aromatic N) is 2. The zero-order valence-electron chi connectivity index (χ0n) is 12.9. The van der Waals surface area contributed by atoms with E-state index in [9.17, 15) is 9.18 Å². The van der Waals surface area contributed by atoms with Gasteiger partial charge in [-0.15, -0.1) is 0 Å². The Bertz CT molecular complexity index is 870.